The first-order valence-corrected chi connectivity index (χ1v) is 7.46. The lowest BCUT2D eigenvalue weighted by atomic mass is 10.1. The van der Waals surface area contributed by atoms with Crippen LogP contribution in [0.15, 0.2) is 48.5 Å². The van der Waals surface area contributed by atoms with Gasteiger partial charge in [0.15, 0.2) is 0 Å². The number of hydrogen-bond donors (Lipinski definition) is 1. The lowest BCUT2D eigenvalue weighted by molar-refractivity contribution is 0.00696. The van der Waals surface area contributed by atoms with E-state index in [0.29, 0.717) is 5.56 Å². The van der Waals surface area contributed by atoms with Gasteiger partial charge < -0.3 is 10.1 Å². The van der Waals surface area contributed by atoms with E-state index >= 15 is 0 Å². The van der Waals surface area contributed by atoms with E-state index < -0.39 is 5.60 Å². The fourth-order valence-corrected chi connectivity index (χ4v) is 2.00. The van der Waals surface area contributed by atoms with Crippen molar-refractivity contribution in [3.63, 3.8) is 0 Å². The molecule has 2 rings (SSSR count). The van der Waals surface area contributed by atoms with Gasteiger partial charge in [-0.25, -0.2) is 4.79 Å². The monoisotopic (exact) mass is 297 g/mol. The number of aryl methyl sites for hydroxylation is 1. The second-order valence-electron chi connectivity index (χ2n) is 6.42. The maximum atomic E-state index is 12.1. The summed E-state index contributed by atoms with van der Waals surface area (Å²) in [5.74, 6) is -0.300. The molecular weight excluding hydrogens is 274 g/mol. The Bertz CT molecular complexity index is 639. The highest BCUT2D eigenvalue weighted by molar-refractivity contribution is 5.90. The first-order chi connectivity index (χ1) is 10.3. The fraction of sp³-hybridized carbons (Fsp3) is 0.316. The molecule has 0 unspecified atom stereocenters. The predicted molar refractivity (Wildman–Crippen MR) is 90.1 cm³/mol. The Morgan fingerprint density at radius 2 is 1.77 bits per heavy atom. The Hall–Kier alpha value is -2.29. The molecule has 2 aromatic carbocycles. The smallest absolute Gasteiger partial charge is 0.338 e. The second kappa shape index (κ2) is 6.65. The summed E-state index contributed by atoms with van der Waals surface area (Å²) in [6, 6.07) is 15.8. The van der Waals surface area contributed by atoms with Crippen molar-refractivity contribution in [3.05, 3.63) is 65.2 Å². The van der Waals surface area contributed by atoms with Crippen LogP contribution < -0.4 is 5.32 Å². The quantitative estimate of drug-likeness (QED) is 0.841. The van der Waals surface area contributed by atoms with Crippen LogP contribution in [0.4, 0.5) is 5.69 Å². The van der Waals surface area contributed by atoms with Gasteiger partial charge in [0.25, 0.3) is 0 Å². The number of carbonyl (C=O) groups is 1. The molecule has 0 bridgehead atoms. The molecule has 0 saturated heterocycles. The van der Waals surface area contributed by atoms with E-state index in [2.05, 4.69) is 36.5 Å². The minimum atomic E-state index is -0.484. The average molecular weight is 297 g/mol. The highest BCUT2D eigenvalue weighted by Gasteiger charge is 2.17. The van der Waals surface area contributed by atoms with Crippen LogP contribution in [0.5, 0.6) is 0 Å². The topological polar surface area (TPSA) is 38.3 Å². The van der Waals surface area contributed by atoms with Gasteiger partial charge in [-0.15, -0.1) is 0 Å². The Morgan fingerprint density at radius 3 is 2.41 bits per heavy atom. The first kappa shape index (κ1) is 16.1. The van der Waals surface area contributed by atoms with Crippen molar-refractivity contribution < 1.29 is 9.53 Å². The van der Waals surface area contributed by atoms with E-state index in [1.54, 1.807) is 6.07 Å². The van der Waals surface area contributed by atoms with Crippen molar-refractivity contribution in [2.24, 2.45) is 0 Å². The molecule has 0 spiro atoms. The molecule has 0 aliphatic rings. The van der Waals surface area contributed by atoms with Crippen LogP contribution in [0.3, 0.4) is 0 Å². The molecule has 3 nitrogen and oxygen atoms in total. The SMILES string of the molecule is Cc1ccc(CNc2cccc(C(=O)OC(C)(C)C)c2)cc1. The van der Waals surface area contributed by atoms with Gasteiger partial charge in [-0.05, 0) is 51.5 Å². The third kappa shape index (κ3) is 4.92. The predicted octanol–water partition coefficient (Wildman–Crippen LogP) is 4.56. The summed E-state index contributed by atoms with van der Waals surface area (Å²) in [5, 5.41) is 3.33. The van der Waals surface area contributed by atoms with E-state index in [9.17, 15) is 4.79 Å². The number of benzene rings is 2. The number of esters is 1. The van der Waals surface area contributed by atoms with Crippen LogP contribution in [0, 0.1) is 6.92 Å². The molecule has 116 valence electrons. The van der Waals surface area contributed by atoms with Gasteiger partial charge in [-0.3, -0.25) is 0 Å². The summed E-state index contributed by atoms with van der Waals surface area (Å²) in [6.07, 6.45) is 0. The van der Waals surface area contributed by atoms with Crippen LogP contribution in [0.25, 0.3) is 0 Å². The Morgan fingerprint density at radius 1 is 1.09 bits per heavy atom. The van der Waals surface area contributed by atoms with E-state index in [1.165, 1.54) is 11.1 Å². The molecule has 2 aromatic rings. The first-order valence-electron chi connectivity index (χ1n) is 7.46. The maximum absolute atomic E-state index is 12.1. The minimum absolute atomic E-state index is 0.300. The zero-order valence-electron chi connectivity index (χ0n) is 13.6. The third-order valence-corrected chi connectivity index (χ3v) is 3.11. The average Bonchev–Trinajstić information content (AvgIpc) is 2.45. The zero-order chi connectivity index (χ0) is 16.2. The number of carbonyl (C=O) groups excluding carboxylic acids is 1. The normalized spacial score (nSPS) is 11.1. The number of nitrogens with one attached hydrogen (secondary N) is 1. The van der Waals surface area contributed by atoms with Gasteiger partial charge in [-0.1, -0.05) is 35.9 Å². The maximum Gasteiger partial charge on any atom is 0.338 e. The molecular formula is C19H23NO2. The molecule has 0 aliphatic carbocycles. The fourth-order valence-electron chi connectivity index (χ4n) is 2.00. The molecule has 22 heavy (non-hydrogen) atoms. The molecule has 0 fully saturated rings. The van der Waals surface area contributed by atoms with Crippen LogP contribution in [0.2, 0.25) is 0 Å². The van der Waals surface area contributed by atoms with Crippen molar-refractivity contribution in [3.8, 4) is 0 Å². The van der Waals surface area contributed by atoms with Crippen molar-refractivity contribution in [2.75, 3.05) is 5.32 Å². The number of rotatable bonds is 4. The molecule has 0 heterocycles. The van der Waals surface area contributed by atoms with Gasteiger partial charge in [0.05, 0.1) is 5.56 Å². The van der Waals surface area contributed by atoms with E-state index in [4.69, 9.17) is 4.74 Å². The summed E-state index contributed by atoms with van der Waals surface area (Å²) in [7, 11) is 0. The van der Waals surface area contributed by atoms with Gasteiger partial charge >= 0.3 is 5.97 Å². The molecule has 0 aromatic heterocycles. The minimum Gasteiger partial charge on any atom is -0.456 e. The highest BCUT2D eigenvalue weighted by Crippen LogP contribution is 2.16. The number of ether oxygens (including phenoxy) is 1. The van der Waals surface area contributed by atoms with Crippen LogP contribution in [0.1, 0.15) is 42.3 Å². The van der Waals surface area contributed by atoms with Crippen molar-refractivity contribution >= 4 is 11.7 Å². The van der Waals surface area contributed by atoms with E-state index in [-0.39, 0.29) is 5.97 Å². The highest BCUT2D eigenvalue weighted by atomic mass is 16.6. The Balaban J connectivity index is 2.02. The summed E-state index contributed by atoms with van der Waals surface area (Å²) < 4.78 is 5.39. The summed E-state index contributed by atoms with van der Waals surface area (Å²) in [6.45, 7) is 8.39. The van der Waals surface area contributed by atoms with E-state index in [1.807, 2.05) is 39.0 Å². The van der Waals surface area contributed by atoms with Crippen LogP contribution >= 0.6 is 0 Å². The lowest BCUT2D eigenvalue weighted by Gasteiger charge is -2.19. The molecule has 1 N–H and O–H groups in total. The largest absolute Gasteiger partial charge is 0.456 e. The van der Waals surface area contributed by atoms with Crippen LogP contribution in [-0.4, -0.2) is 11.6 Å². The van der Waals surface area contributed by atoms with Crippen molar-refractivity contribution in [2.45, 2.75) is 39.8 Å². The summed E-state index contributed by atoms with van der Waals surface area (Å²) in [5.41, 5.74) is 3.43. The Kier molecular flexibility index (Phi) is 4.86. The van der Waals surface area contributed by atoms with Crippen molar-refractivity contribution in [1.82, 2.24) is 0 Å². The Labute approximate surface area is 132 Å². The van der Waals surface area contributed by atoms with E-state index in [0.717, 1.165) is 12.2 Å². The number of hydrogen-bond acceptors (Lipinski definition) is 3. The van der Waals surface area contributed by atoms with Crippen LogP contribution in [-0.2, 0) is 11.3 Å². The summed E-state index contributed by atoms with van der Waals surface area (Å²) in [4.78, 5) is 12.1. The molecule has 0 atom stereocenters. The third-order valence-electron chi connectivity index (χ3n) is 3.11. The van der Waals surface area contributed by atoms with Gasteiger partial charge in [-0.2, -0.15) is 0 Å². The standard InChI is InChI=1S/C19H23NO2/c1-14-8-10-15(11-9-14)13-20-17-7-5-6-16(12-17)18(21)22-19(2,3)4/h5-12,20H,13H2,1-4H3. The van der Waals surface area contributed by atoms with Gasteiger partial charge in [0, 0.05) is 12.2 Å². The zero-order valence-corrected chi connectivity index (χ0v) is 13.6. The molecule has 0 amide bonds. The molecule has 0 aliphatic heterocycles. The molecule has 3 heteroatoms. The summed E-state index contributed by atoms with van der Waals surface area (Å²) >= 11 is 0. The van der Waals surface area contributed by atoms with Gasteiger partial charge in [0.1, 0.15) is 5.60 Å². The molecule has 0 radical (unpaired) electrons. The van der Waals surface area contributed by atoms with Crippen molar-refractivity contribution in [1.29, 1.82) is 0 Å². The number of anilines is 1. The lowest BCUT2D eigenvalue weighted by Crippen LogP contribution is -2.23. The van der Waals surface area contributed by atoms with Gasteiger partial charge in [0.2, 0.25) is 0 Å². The molecule has 0 saturated carbocycles. The second-order valence-corrected chi connectivity index (χ2v) is 6.42.